The van der Waals surface area contributed by atoms with Gasteiger partial charge in [-0.2, -0.15) is 22.0 Å². The minimum Gasteiger partial charge on any atom is -0.293 e. The van der Waals surface area contributed by atoms with Gasteiger partial charge in [0.05, 0.1) is 0 Å². The summed E-state index contributed by atoms with van der Waals surface area (Å²) in [7, 11) is 0. The van der Waals surface area contributed by atoms with Gasteiger partial charge in [-0.3, -0.25) is 4.79 Å². The molecule has 0 bridgehead atoms. The second kappa shape index (κ2) is 3.47. The van der Waals surface area contributed by atoms with Crippen LogP contribution in [-0.4, -0.2) is 17.9 Å². The fraction of sp³-hybridized carbons (Fsp3) is 0.875. The van der Waals surface area contributed by atoms with Gasteiger partial charge < -0.3 is 0 Å². The van der Waals surface area contributed by atoms with Crippen LogP contribution in [0.1, 0.15) is 25.7 Å². The predicted octanol–water partition coefficient (Wildman–Crippen LogP) is 2.94. The monoisotopic (exact) mass is 216 g/mol. The van der Waals surface area contributed by atoms with E-state index in [0.29, 0.717) is 12.8 Å². The molecular formula is C8H9F5O. The fourth-order valence-corrected chi connectivity index (χ4v) is 1.25. The summed E-state index contributed by atoms with van der Waals surface area (Å²) in [5, 5.41) is 0. The van der Waals surface area contributed by atoms with Gasteiger partial charge in [-0.05, 0) is 5.92 Å². The molecule has 0 aromatic carbocycles. The maximum absolute atomic E-state index is 12.4. The van der Waals surface area contributed by atoms with E-state index in [1.54, 1.807) is 0 Å². The minimum atomic E-state index is -5.76. The number of alkyl halides is 5. The molecule has 0 spiro atoms. The fourth-order valence-electron chi connectivity index (χ4n) is 1.25. The Bertz CT molecular complexity index is 228. The van der Waals surface area contributed by atoms with Gasteiger partial charge >= 0.3 is 12.1 Å². The van der Waals surface area contributed by atoms with Crippen molar-refractivity contribution in [3.63, 3.8) is 0 Å². The number of hydrogen-bond acceptors (Lipinski definition) is 1. The van der Waals surface area contributed by atoms with Crippen LogP contribution < -0.4 is 0 Å². The SMILES string of the molecule is O=C(CC1CCC1)C(F)(F)C(F)(F)F. The molecule has 0 aliphatic heterocycles. The van der Waals surface area contributed by atoms with Crippen molar-refractivity contribution in [2.45, 2.75) is 37.8 Å². The summed E-state index contributed by atoms with van der Waals surface area (Å²) < 4.78 is 59.8. The Morgan fingerprint density at radius 3 is 1.93 bits per heavy atom. The maximum atomic E-state index is 12.4. The van der Waals surface area contributed by atoms with Crippen molar-refractivity contribution in [3.8, 4) is 0 Å². The highest BCUT2D eigenvalue weighted by Gasteiger charge is 2.62. The molecule has 0 saturated heterocycles. The molecule has 6 heteroatoms. The summed E-state index contributed by atoms with van der Waals surface area (Å²) in [6, 6.07) is 0. The average Bonchev–Trinajstić information content (AvgIpc) is 1.93. The van der Waals surface area contributed by atoms with E-state index in [0.717, 1.165) is 6.42 Å². The molecule has 1 aliphatic carbocycles. The van der Waals surface area contributed by atoms with Crippen LogP contribution in [0.15, 0.2) is 0 Å². The third kappa shape index (κ3) is 2.04. The Hall–Kier alpha value is -0.680. The molecule has 0 radical (unpaired) electrons. The van der Waals surface area contributed by atoms with Crippen molar-refractivity contribution in [3.05, 3.63) is 0 Å². The number of ketones is 1. The molecule has 0 aromatic heterocycles. The van der Waals surface area contributed by atoms with E-state index in [-0.39, 0.29) is 5.92 Å². The van der Waals surface area contributed by atoms with Crippen LogP contribution in [0.5, 0.6) is 0 Å². The van der Waals surface area contributed by atoms with E-state index in [9.17, 15) is 26.7 Å². The van der Waals surface area contributed by atoms with Gasteiger partial charge in [0.2, 0.25) is 5.78 Å². The molecule has 1 nitrogen and oxygen atoms in total. The highest BCUT2D eigenvalue weighted by atomic mass is 19.4. The zero-order chi connectivity index (χ0) is 11.0. The van der Waals surface area contributed by atoms with Crippen molar-refractivity contribution < 1.29 is 26.7 Å². The second-order valence-corrected chi connectivity index (χ2v) is 3.50. The Morgan fingerprint density at radius 2 is 1.64 bits per heavy atom. The molecule has 0 unspecified atom stereocenters. The van der Waals surface area contributed by atoms with Gasteiger partial charge in [0.1, 0.15) is 0 Å². The lowest BCUT2D eigenvalue weighted by Gasteiger charge is -2.26. The molecule has 0 N–H and O–H groups in total. The molecule has 82 valence electrons. The minimum absolute atomic E-state index is 0.282. The molecule has 14 heavy (non-hydrogen) atoms. The lowest BCUT2D eigenvalue weighted by Crippen LogP contribution is -2.45. The van der Waals surface area contributed by atoms with E-state index in [1.807, 2.05) is 0 Å². The number of halogens is 5. The Balaban J connectivity index is 2.57. The van der Waals surface area contributed by atoms with Gasteiger partial charge in [-0.1, -0.05) is 19.3 Å². The number of carbonyl (C=O) groups is 1. The maximum Gasteiger partial charge on any atom is 0.461 e. The number of carbonyl (C=O) groups excluding carboxylic acids is 1. The van der Waals surface area contributed by atoms with Crippen LogP contribution in [0.3, 0.4) is 0 Å². The molecular weight excluding hydrogens is 207 g/mol. The third-order valence-corrected chi connectivity index (χ3v) is 2.41. The first-order valence-corrected chi connectivity index (χ1v) is 4.23. The topological polar surface area (TPSA) is 17.1 Å². The summed E-state index contributed by atoms with van der Waals surface area (Å²) in [5.74, 6) is -7.46. The smallest absolute Gasteiger partial charge is 0.293 e. The summed E-state index contributed by atoms with van der Waals surface area (Å²) in [6.07, 6.45) is -4.48. The lowest BCUT2D eigenvalue weighted by molar-refractivity contribution is -0.269. The van der Waals surface area contributed by atoms with E-state index >= 15 is 0 Å². The van der Waals surface area contributed by atoms with E-state index < -0.39 is 24.3 Å². The zero-order valence-corrected chi connectivity index (χ0v) is 7.20. The summed E-state index contributed by atoms with van der Waals surface area (Å²) in [6.45, 7) is 0. The second-order valence-electron chi connectivity index (χ2n) is 3.50. The first-order valence-electron chi connectivity index (χ1n) is 4.23. The quantitative estimate of drug-likeness (QED) is 0.663. The molecule has 0 atom stereocenters. The largest absolute Gasteiger partial charge is 0.461 e. The van der Waals surface area contributed by atoms with E-state index in [2.05, 4.69) is 0 Å². The van der Waals surface area contributed by atoms with Crippen molar-refractivity contribution >= 4 is 5.78 Å². The average molecular weight is 216 g/mol. The molecule has 1 rings (SSSR count). The number of rotatable bonds is 3. The molecule has 1 aliphatic rings. The van der Waals surface area contributed by atoms with Gasteiger partial charge in [-0.15, -0.1) is 0 Å². The third-order valence-electron chi connectivity index (χ3n) is 2.41. The van der Waals surface area contributed by atoms with Crippen molar-refractivity contribution in [1.29, 1.82) is 0 Å². The summed E-state index contributed by atoms with van der Waals surface area (Å²) >= 11 is 0. The van der Waals surface area contributed by atoms with Crippen LogP contribution in [0.4, 0.5) is 22.0 Å². The summed E-state index contributed by atoms with van der Waals surface area (Å²) in [4.78, 5) is 10.6. The Kier molecular flexibility index (Phi) is 2.83. The van der Waals surface area contributed by atoms with Crippen molar-refractivity contribution in [2.75, 3.05) is 0 Å². The van der Waals surface area contributed by atoms with Crippen LogP contribution in [0, 0.1) is 5.92 Å². The van der Waals surface area contributed by atoms with Crippen LogP contribution >= 0.6 is 0 Å². The molecule has 1 fully saturated rings. The predicted molar refractivity (Wildman–Crippen MR) is 38.0 cm³/mol. The highest BCUT2D eigenvalue weighted by molar-refractivity contribution is 5.86. The van der Waals surface area contributed by atoms with E-state index in [4.69, 9.17) is 0 Å². The summed E-state index contributed by atoms with van der Waals surface area (Å²) in [5.41, 5.74) is 0. The zero-order valence-electron chi connectivity index (χ0n) is 7.20. The van der Waals surface area contributed by atoms with E-state index in [1.165, 1.54) is 0 Å². The number of Topliss-reactive ketones (excluding diaryl/α,β-unsaturated/α-hetero) is 1. The first kappa shape index (κ1) is 11.4. The first-order chi connectivity index (χ1) is 6.25. The van der Waals surface area contributed by atoms with Gasteiger partial charge in [-0.25, -0.2) is 0 Å². The van der Waals surface area contributed by atoms with Crippen LogP contribution in [0.25, 0.3) is 0 Å². The van der Waals surface area contributed by atoms with Crippen LogP contribution in [-0.2, 0) is 4.79 Å². The van der Waals surface area contributed by atoms with Gasteiger partial charge in [0, 0.05) is 6.42 Å². The normalized spacial score (nSPS) is 19.2. The Morgan fingerprint density at radius 1 is 1.14 bits per heavy atom. The number of hydrogen-bond donors (Lipinski definition) is 0. The Labute approximate surface area is 77.3 Å². The lowest BCUT2D eigenvalue weighted by atomic mass is 9.81. The van der Waals surface area contributed by atoms with Gasteiger partial charge in [0.15, 0.2) is 0 Å². The molecule has 0 amide bonds. The molecule has 0 aromatic rings. The molecule has 1 saturated carbocycles. The van der Waals surface area contributed by atoms with Crippen molar-refractivity contribution in [1.82, 2.24) is 0 Å². The van der Waals surface area contributed by atoms with Crippen molar-refractivity contribution in [2.24, 2.45) is 5.92 Å². The van der Waals surface area contributed by atoms with Crippen LogP contribution in [0.2, 0.25) is 0 Å². The standard InChI is InChI=1S/C8H9F5O/c9-7(10,8(11,12)13)6(14)4-5-2-1-3-5/h5H,1-4H2. The molecule has 0 heterocycles. The van der Waals surface area contributed by atoms with Gasteiger partial charge in [0.25, 0.3) is 0 Å². The highest BCUT2D eigenvalue weighted by Crippen LogP contribution is 2.39.